The van der Waals surface area contributed by atoms with Crippen molar-refractivity contribution < 1.29 is 19.5 Å². The summed E-state index contributed by atoms with van der Waals surface area (Å²) < 4.78 is 0. The Morgan fingerprint density at radius 2 is 2.22 bits per heavy atom. The number of thioether (sulfide) groups is 1. The number of rotatable bonds is 1. The summed E-state index contributed by atoms with van der Waals surface area (Å²) in [6, 6.07) is -1.14. The minimum Gasteiger partial charge on any atom is -0.480 e. The third kappa shape index (κ3) is 2.69. The summed E-state index contributed by atoms with van der Waals surface area (Å²) in [7, 11) is 0. The number of nitrogens with zero attached hydrogens (tertiary/aromatic N) is 2. The molecular formula is C10H15N3O4S. The van der Waals surface area contributed by atoms with E-state index >= 15 is 0 Å². The van der Waals surface area contributed by atoms with Crippen LogP contribution in [0.3, 0.4) is 0 Å². The Morgan fingerprint density at radius 3 is 2.94 bits per heavy atom. The van der Waals surface area contributed by atoms with E-state index in [-0.39, 0.29) is 18.5 Å². The van der Waals surface area contributed by atoms with Gasteiger partial charge in [0.05, 0.1) is 5.88 Å². The van der Waals surface area contributed by atoms with E-state index in [0.29, 0.717) is 31.1 Å². The molecule has 2 aliphatic heterocycles. The van der Waals surface area contributed by atoms with E-state index in [4.69, 9.17) is 5.11 Å². The summed E-state index contributed by atoms with van der Waals surface area (Å²) in [5.41, 5.74) is 0. The number of hydrogen-bond acceptors (Lipinski definition) is 4. The van der Waals surface area contributed by atoms with Crippen molar-refractivity contribution in [3.05, 3.63) is 0 Å². The van der Waals surface area contributed by atoms with Gasteiger partial charge in [-0.3, -0.25) is 4.79 Å². The van der Waals surface area contributed by atoms with E-state index in [1.165, 1.54) is 21.6 Å². The third-order valence-electron chi connectivity index (χ3n) is 2.95. The van der Waals surface area contributed by atoms with Crippen LogP contribution in [-0.4, -0.2) is 70.1 Å². The first-order valence-corrected chi connectivity index (χ1v) is 6.88. The number of hydrogen-bond donors (Lipinski definition) is 2. The van der Waals surface area contributed by atoms with Gasteiger partial charge in [0.2, 0.25) is 5.91 Å². The fourth-order valence-electron chi connectivity index (χ4n) is 1.99. The highest BCUT2D eigenvalue weighted by atomic mass is 32.2. The van der Waals surface area contributed by atoms with Crippen molar-refractivity contribution in [3.63, 3.8) is 0 Å². The molecule has 1 unspecified atom stereocenters. The SMILES string of the molecule is O=C1CN(C(=O)N2CSCC2C(=O)O)CCCN1. The second-order valence-electron chi connectivity index (χ2n) is 4.23. The highest BCUT2D eigenvalue weighted by molar-refractivity contribution is 7.99. The van der Waals surface area contributed by atoms with E-state index in [9.17, 15) is 14.4 Å². The van der Waals surface area contributed by atoms with E-state index in [2.05, 4.69) is 5.32 Å². The molecule has 0 aromatic heterocycles. The molecular weight excluding hydrogens is 258 g/mol. The summed E-state index contributed by atoms with van der Waals surface area (Å²) in [4.78, 5) is 37.4. The van der Waals surface area contributed by atoms with Gasteiger partial charge in [-0.25, -0.2) is 9.59 Å². The van der Waals surface area contributed by atoms with Crippen LogP contribution in [0.25, 0.3) is 0 Å². The van der Waals surface area contributed by atoms with Crippen molar-refractivity contribution >= 4 is 29.7 Å². The van der Waals surface area contributed by atoms with Gasteiger partial charge in [-0.2, -0.15) is 0 Å². The van der Waals surface area contributed by atoms with Gasteiger partial charge in [0.15, 0.2) is 0 Å². The number of nitrogens with one attached hydrogen (secondary N) is 1. The van der Waals surface area contributed by atoms with Gasteiger partial charge in [-0.1, -0.05) is 0 Å². The molecule has 2 rings (SSSR count). The van der Waals surface area contributed by atoms with E-state index in [0.717, 1.165) is 0 Å². The van der Waals surface area contributed by atoms with E-state index in [1.807, 2.05) is 0 Å². The van der Waals surface area contributed by atoms with Crippen molar-refractivity contribution in [1.82, 2.24) is 15.1 Å². The lowest BCUT2D eigenvalue weighted by molar-refractivity contribution is -0.140. The molecule has 2 fully saturated rings. The number of amides is 3. The van der Waals surface area contributed by atoms with Gasteiger partial charge in [-0.15, -0.1) is 11.8 Å². The molecule has 8 heteroatoms. The van der Waals surface area contributed by atoms with Crippen LogP contribution >= 0.6 is 11.8 Å². The molecule has 0 aromatic carbocycles. The van der Waals surface area contributed by atoms with Crippen LogP contribution in [-0.2, 0) is 9.59 Å². The minimum atomic E-state index is -0.993. The van der Waals surface area contributed by atoms with Crippen molar-refractivity contribution in [2.45, 2.75) is 12.5 Å². The zero-order chi connectivity index (χ0) is 13.1. The predicted octanol–water partition coefficient (Wildman–Crippen LogP) is -0.612. The molecule has 7 nitrogen and oxygen atoms in total. The van der Waals surface area contributed by atoms with Crippen LogP contribution in [0.5, 0.6) is 0 Å². The molecule has 2 heterocycles. The van der Waals surface area contributed by atoms with Gasteiger partial charge < -0.3 is 20.2 Å². The standard InChI is InChI=1S/C10H15N3O4S/c14-8-4-12(3-1-2-11-8)10(17)13-6-18-5-7(13)9(15)16/h7H,1-6H2,(H,11,14)(H,15,16). The van der Waals surface area contributed by atoms with Crippen LogP contribution in [0.1, 0.15) is 6.42 Å². The maximum Gasteiger partial charge on any atom is 0.327 e. The summed E-state index contributed by atoms with van der Waals surface area (Å²) in [5.74, 6) is -0.415. The van der Waals surface area contributed by atoms with Crippen LogP contribution in [0.15, 0.2) is 0 Å². The van der Waals surface area contributed by atoms with Crippen molar-refractivity contribution in [3.8, 4) is 0 Å². The second-order valence-corrected chi connectivity index (χ2v) is 5.23. The summed E-state index contributed by atoms with van der Waals surface area (Å²) in [6.07, 6.45) is 0.691. The number of urea groups is 1. The Morgan fingerprint density at radius 1 is 1.44 bits per heavy atom. The highest BCUT2D eigenvalue weighted by Gasteiger charge is 2.37. The average Bonchev–Trinajstić information content (AvgIpc) is 2.72. The number of carbonyl (C=O) groups is 3. The molecule has 3 amide bonds. The first-order valence-electron chi connectivity index (χ1n) is 5.72. The molecule has 0 aromatic rings. The Hall–Kier alpha value is -1.44. The molecule has 2 aliphatic rings. The lowest BCUT2D eigenvalue weighted by Crippen LogP contribution is -2.50. The number of aliphatic carboxylic acids is 1. The smallest absolute Gasteiger partial charge is 0.327 e. The van der Waals surface area contributed by atoms with E-state index < -0.39 is 12.0 Å². The zero-order valence-corrected chi connectivity index (χ0v) is 10.6. The normalized spacial score (nSPS) is 24.7. The molecule has 0 saturated carbocycles. The zero-order valence-electron chi connectivity index (χ0n) is 9.79. The number of carbonyl (C=O) groups excluding carboxylic acids is 2. The van der Waals surface area contributed by atoms with Crippen LogP contribution in [0.2, 0.25) is 0 Å². The molecule has 100 valence electrons. The Balaban J connectivity index is 2.05. The topological polar surface area (TPSA) is 90.0 Å². The lowest BCUT2D eigenvalue weighted by Gasteiger charge is -2.28. The van der Waals surface area contributed by atoms with Crippen LogP contribution in [0.4, 0.5) is 4.79 Å². The fourth-order valence-corrected chi connectivity index (χ4v) is 3.12. The van der Waals surface area contributed by atoms with Gasteiger partial charge in [0.25, 0.3) is 0 Å². The van der Waals surface area contributed by atoms with Gasteiger partial charge >= 0.3 is 12.0 Å². The van der Waals surface area contributed by atoms with Crippen molar-refractivity contribution in [2.24, 2.45) is 0 Å². The molecule has 0 spiro atoms. The monoisotopic (exact) mass is 273 g/mol. The molecule has 0 aliphatic carbocycles. The summed E-state index contributed by atoms with van der Waals surface area (Å²) in [5, 5.41) is 11.7. The molecule has 1 atom stereocenters. The molecule has 2 saturated heterocycles. The quantitative estimate of drug-likeness (QED) is 0.665. The van der Waals surface area contributed by atoms with E-state index in [1.54, 1.807) is 0 Å². The van der Waals surface area contributed by atoms with Crippen LogP contribution in [0, 0.1) is 0 Å². The first-order chi connectivity index (χ1) is 8.59. The highest BCUT2D eigenvalue weighted by Crippen LogP contribution is 2.22. The molecule has 18 heavy (non-hydrogen) atoms. The molecule has 0 radical (unpaired) electrons. The van der Waals surface area contributed by atoms with Gasteiger partial charge in [0, 0.05) is 18.8 Å². The lowest BCUT2D eigenvalue weighted by atomic mass is 10.3. The first kappa shape index (κ1) is 13.0. The Kier molecular flexibility index (Phi) is 3.95. The average molecular weight is 273 g/mol. The Bertz CT molecular complexity index is 376. The summed E-state index contributed by atoms with van der Waals surface area (Å²) >= 11 is 1.41. The van der Waals surface area contributed by atoms with Crippen LogP contribution < -0.4 is 5.32 Å². The second kappa shape index (κ2) is 5.47. The van der Waals surface area contributed by atoms with Crippen molar-refractivity contribution in [1.29, 1.82) is 0 Å². The fraction of sp³-hybridized carbons (Fsp3) is 0.700. The van der Waals surface area contributed by atoms with Gasteiger partial charge in [-0.05, 0) is 6.42 Å². The minimum absolute atomic E-state index is 0.00629. The number of carboxylic acids is 1. The maximum absolute atomic E-state index is 12.2. The maximum atomic E-state index is 12.2. The molecule has 0 bridgehead atoms. The third-order valence-corrected chi connectivity index (χ3v) is 3.96. The van der Waals surface area contributed by atoms with Crippen molar-refractivity contribution in [2.75, 3.05) is 31.3 Å². The molecule has 2 N–H and O–H groups in total. The Labute approximate surface area is 108 Å². The largest absolute Gasteiger partial charge is 0.480 e. The van der Waals surface area contributed by atoms with Gasteiger partial charge in [0.1, 0.15) is 12.6 Å². The number of carboxylic acid groups (broad SMARTS) is 1. The predicted molar refractivity (Wildman–Crippen MR) is 65.2 cm³/mol. The summed E-state index contributed by atoms with van der Waals surface area (Å²) in [6.45, 7) is 1.04.